The Morgan fingerprint density at radius 3 is 3.12 bits per heavy atom. The standard InChI is InChI=1S/C10H12N4O2S/c11-9(10(15)16)1-7-3-14(5-13-7)4-8-2-12-6-17-8/h2-3,5-6,9H,1,4,11H2,(H,15,16)/t9-/m0/s1. The lowest BCUT2D eigenvalue weighted by Crippen LogP contribution is -2.32. The number of carbonyl (C=O) groups is 1. The molecule has 3 N–H and O–H groups in total. The summed E-state index contributed by atoms with van der Waals surface area (Å²) in [4.78, 5) is 19.8. The molecule has 17 heavy (non-hydrogen) atoms. The molecule has 1 atom stereocenters. The second-order valence-electron chi connectivity index (χ2n) is 3.65. The van der Waals surface area contributed by atoms with Gasteiger partial charge in [0.1, 0.15) is 6.04 Å². The second-order valence-corrected chi connectivity index (χ2v) is 4.62. The largest absolute Gasteiger partial charge is 0.480 e. The van der Waals surface area contributed by atoms with Crippen molar-refractivity contribution in [3.05, 3.63) is 34.8 Å². The van der Waals surface area contributed by atoms with Crippen LogP contribution < -0.4 is 5.73 Å². The lowest BCUT2D eigenvalue weighted by atomic mass is 10.2. The van der Waals surface area contributed by atoms with Crippen LogP contribution in [-0.4, -0.2) is 31.7 Å². The van der Waals surface area contributed by atoms with Crippen molar-refractivity contribution in [3.8, 4) is 0 Å². The average Bonchev–Trinajstić information content (AvgIpc) is 2.91. The van der Waals surface area contributed by atoms with Gasteiger partial charge in [-0.25, -0.2) is 4.98 Å². The van der Waals surface area contributed by atoms with Crippen LogP contribution in [0.2, 0.25) is 0 Å². The molecule has 0 fully saturated rings. The Labute approximate surface area is 102 Å². The van der Waals surface area contributed by atoms with Gasteiger partial charge in [0.05, 0.1) is 24.1 Å². The molecule has 2 heterocycles. The van der Waals surface area contributed by atoms with Crippen molar-refractivity contribution in [1.82, 2.24) is 14.5 Å². The van der Waals surface area contributed by atoms with Gasteiger partial charge in [0.2, 0.25) is 0 Å². The Hall–Kier alpha value is -1.73. The number of nitrogens with zero attached hydrogens (tertiary/aromatic N) is 3. The fraction of sp³-hybridized carbons (Fsp3) is 0.300. The van der Waals surface area contributed by atoms with Crippen molar-refractivity contribution in [3.63, 3.8) is 0 Å². The Kier molecular flexibility index (Phi) is 3.50. The maximum atomic E-state index is 10.6. The summed E-state index contributed by atoms with van der Waals surface area (Å²) in [5.74, 6) is -1.01. The minimum atomic E-state index is -1.01. The van der Waals surface area contributed by atoms with E-state index in [0.717, 1.165) is 4.88 Å². The van der Waals surface area contributed by atoms with Gasteiger partial charge in [0.25, 0.3) is 0 Å². The first kappa shape index (κ1) is 11.7. The summed E-state index contributed by atoms with van der Waals surface area (Å²) in [6, 6.07) is -0.901. The Morgan fingerprint density at radius 1 is 1.65 bits per heavy atom. The molecule has 0 aliphatic rings. The topological polar surface area (TPSA) is 94.0 Å². The van der Waals surface area contributed by atoms with E-state index in [0.29, 0.717) is 12.2 Å². The van der Waals surface area contributed by atoms with Crippen LogP contribution >= 0.6 is 11.3 Å². The van der Waals surface area contributed by atoms with Crippen LogP contribution in [0.3, 0.4) is 0 Å². The number of nitrogens with two attached hydrogens (primary N) is 1. The van der Waals surface area contributed by atoms with E-state index < -0.39 is 12.0 Å². The molecule has 0 unspecified atom stereocenters. The lowest BCUT2D eigenvalue weighted by Gasteiger charge is -2.02. The summed E-state index contributed by atoms with van der Waals surface area (Å²) < 4.78 is 1.89. The van der Waals surface area contributed by atoms with Gasteiger partial charge < -0.3 is 15.4 Å². The van der Waals surface area contributed by atoms with E-state index in [4.69, 9.17) is 10.8 Å². The zero-order valence-electron chi connectivity index (χ0n) is 8.98. The number of rotatable bonds is 5. The molecule has 2 aromatic heterocycles. The quantitative estimate of drug-likeness (QED) is 0.800. The van der Waals surface area contributed by atoms with Gasteiger partial charge in [-0.2, -0.15) is 0 Å². The number of hydrogen-bond donors (Lipinski definition) is 2. The monoisotopic (exact) mass is 252 g/mol. The van der Waals surface area contributed by atoms with Crippen LogP contribution in [0.5, 0.6) is 0 Å². The highest BCUT2D eigenvalue weighted by Gasteiger charge is 2.13. The smallest absolute Gasteiger partial charge is 0.320 e. The van der Waals surface area contributed by atoms with Crippen molar-refractivity contribution in [2.45, 2.75) is 19.0 Å². The van der Waals surface area contributed by atoms with E-state index in [1.807, 2.05) is 10.8 Å². The summed E-state index contributed by atoms with van der Waals surface area (Å²) in [5, 5.41) is 8.69. The Balaban J connectivity index is 1.98. The molecule has 0 radical (unpaired) electrons. The van der Waals surface area contributed by atoms with Crippen molar-refractivity contribution in [1.29, 1.82) is 0 Å². The zero-order valence-corrected chi connectivity index (χ0v) is 9.80. The number of aliphatic carboxylic acids is 1. The van der Waals surface area contributed by atoms with Gasteiger partial charge in [-0.15, -0.1) is 11.3 Å². The van der Waals surface area contributed by atoms with E-state index in [1.54, 1.807) is 29.4 Å². The van der Waals surface area contributed by atoms with Gasteiger partial charge in [-0.05, 0) is 0 Å². The van der Waals surface area contributed by atoms with E-state index in [1.165, 1.54) is 0 Å². The molecule has 0 aliphatic carbocycles. The molecule has 90 valence electrons. The Bertz CT molecular complexity index is 494. The lowest BCUT2D eigenvalue weighted by molar-refractivity contribution is -0.138. The average molecular weight is 252 g/mol. The highest BCUT2D eigenvalue weighted by molar-refractivity contribution is 7.09. The molecule has 6 nitrogen and oxygen atoms in total. The van der Waals surface area contributed by atoms with Crippen molar-refractivity contribution in [2.24, 2.45) is 5.73 Å². The Morgan fingerprint density at radius 2 is 2.47 bits per heavy atom. The van der Waals surface area contributed by atoms with Crippen molar-refractivity contribution < 1.29 is 9.90 Å². The van der Waals surface area contributed by atoms with Crippen LogP contribution in [0.1, 0.15) is 10.6 Å². The molecule has 0 saturated carbocycles. The molecule has 0 amide bonds. The molecule has 2 aromatic rings. The van der Waals surface area contributed by atoms with Crippen LogP contribution in [-0.2, 0) is 17.8 Å². The molecule has 0 saturated heterocycles. The predicted molar refractivity (Wildman–Crippen MR) is 62.8 cm³/mol. The molecule has 0 aliphatic heterocycles. The summed E-state index contributed by atoms with van der Waals surface area (Å²) in [6.45, 7) is 0.694. The van der Waals surface area contributed by atoms with E-state index in [9.17, 15) is 4.79 Å². The number of thiazole rings is 1. The third-order valence-corrected chi connectivity index (χ3v) is 3.02. The number of aromatic nitrogens is 3. The fourth-order valence-electron chi connectivity index (χ4n) is 1.41. The molecule has 0 aromatic carbocycles. The third-order valence-electron chi connectivity index (χ3n) is 2.25. The summed E-state index contributed by atoms with van der Waals surface area (Å²) in [7, 11) is 0. The first-order valence-corrected chi connectivity index (χ1v) is 5.89. The molecule has 2 rings (SSSR count). The fourth-order valence-corrected chi connectivity index (χ4v) is 2.01. The number of imidazole rings is 1. The van der Waals surface area contributed by atoms with Gasteiger partial charge in [0, 0.05) is 23.7 Å². The summed E-state index contributed by atoms with van der Waals surface area (Å²) in [6.07, 6.45) is 5.52. The van der Waals surface area contributed by atoms with Crippen molar-refractivity contribution in [2.75, 3.05) is 0 Å². The van der Waals surface area contributed by atoms with Gasteiger partial charge in [0.15, 0.2) is 0 Å². The van der Waals surface area contributed by atoms with E-state index >= 15 is 0 Å². The molecular weight excluding hydrogens is 240 g/mol. The van der Waals surface area contributed by atoms with Crippen LogP contribution in [0.15, 0.2) is 24.2 Å². The maximum Gasteiger partial charge on any atom is 0.320 e. The number of carboxylic acids is 1. The summed E-state index contributed by atoms with van der Waals surface area (Å²) in [5.41, 5.74) is 7.89. The van der Waals surface area contributed by atoms with Gasteiger partial charge >= 0.3 is 5.97 Å². The zero-order chi connectivity index (χ0) is 12.3. The van der Waals surface area contributed by atoms with Crippen LogP contribution in [0.25, 0.3) is 0 Å². The first-order valence-electron chi connectivity index (χ1n) is 5.01. The van der Waals surface area contributed by atoms with Crippen LogP contribution in [0.4, 0.5) is 0 Å². The van der Waals surface area contributed by atoms with Gasteiger partial charge in [-0.1, -0.05) is 0 Å². The second kappa shape index (κ2) is 5.07. The van der Waals surface area contributed by atoms with Crippen LogP contribution in [0, 0.1) is 0 Å². The van der Waals surface area contributed by atoms with Crippen molar-refractivity contribution >= 4 is 17.3 Å². The SMILES string of the molecule is N[C@@H](Cc1cn(Cc2cncs2)cn1)C(=O)O. The third kappa shape index (κ3) is 3.11. The highest BCUT2D eigenvalue weighted by Crippen LogP contribution is 2.09. The molecular formula is C10H12N4O2S. The molecule has 0 bridgehead atoms. The normalized spacial score (nSPS) is 12.5. The maximum absolute atomic E-state index is 10.6. The minimum absolute atomic E-state index is 0.241. The van der Waals surface area contributed by atoms with E-state index in [-0.39, 0.29) is 6.42 Å². The van der Waals surface area contributed by atoms with Gasteiger partial charge in [-0.3, -0.25) is 9.78 Å². The number of carboxylic acid groups (broad SMARTS) is 1. The minimum Gasteiger partial charge on any atom is -0.480 e. The highest BCUT2D eigenvalue weighted by atomic mass is 32.1. The summed E-state index contributed by atoms with van der Waals surface area (Å²) >= 11 is 1.57. The molecule has 7 heteroatoms. The molecule has 0 spiro atoms. The van der Waals surface area contributed by atoms with E-state index in [2.05, 4.69) is 9.97 Å². The number of hydrogen-bond acceptors (Lipinski definition) is 5. The predicted octanol–water partition coefficient (Wildman–Crippen LogP) is 0.342. The first-order chi connectivity index (χ1) is 8.15.